The van der Waals surface area contributed by atoms with Crippen LogP contribution in [0.2, 0.25) is 0 Å². The Balaban J connectivity index is 2.61. The molecule has 1 aromatic rings. The van der Waals surface area contributed by atoms with Gasteiger partial charge in [0.15, 0.2) is 5.76 Å². The van der Waals surface area contributed by atoms with Gasteiger partial charge < -0.3 is 10.3 Å². The highest BCUT2D eigenvalue weighted by molar-refractivity contribution is 5.03. The van der Waals surface area contributed by atoms with Gasteiger partial charge in [-0.05, 0) is 0 Å². The van der Waals surface area contributed by atoms with Crippen LogP contribution in [0.5, 0.6) is 0 Å². The van der Waals surface area contributed by atoms with Gasteiger partial charge in [0.25, 0.3) is 0 Å². The van der Waals surface area contributed by atoms with Gasteiger partial charge in [0.05, 0.1) is 12.2 Å². The highest BCUT2D eigenvalue weighted by Gasteiger charge is 2.06. The van der Waals surface area contributed by atoms with E-state index in [2.05, 4.69) is 11.1 Å². The summed E-state index contributed by atoms with van der Waals surface area (Å²) in [5.41, 5.74) is 5.57. The van der Waals surface area contributed by atoms with Crippen molar-refractivity contribution < 1.29 is 4.52 Å². The van der Waals surface area contributed by atoms with Crippen molar-refractivity contribution in [2.75, 3.05) is 0 Å². The first-order valence-electron chi connectivity index (χ1n) is 2.94. The number of nitrogens with zero attached hydrogens (tertiary/aromatic N) is 1. The number of rotatable bonds is 2. The van der Waals surface area contributed by atoms with Crippen LogP contribution >= 0.6 is 0 Å². The molecule has 0 aliphatic carbocycles. The Morgan fingerprint density at radius 2 is 2.70 bits per heavy atom. The molecule has 3 heteroatoms. The van der Waals surface area contributed by atoms with Crippen molar-refractivity contribution in [3.05, 3.63) is 18.0 Å². The molecule has 10 heavy (non-hydrogen) atoms. The molecule has 1 rings (SSSR count). The second kappa shape index (κ2) is 3.04. The molecule has 1 unspecified atom stereocenters. The predicted molar refractivity (Wildman–Crippen MR) is 36.9 cm³/mol. The summed E-state index contributed by atoms with van der Waals surface area (Å²) < 4.78 is 4.78. The van der Waals surface area contributed by atoms with E-state index in [0.717, 1.165) is 0 Å². The summed E-state index contributed by atoms with van der Waals surface area (Å²) >= 11 is 0. The monoisotopic (exact) mass is 136 g/mol. The van der Waals surface area contributed by atoms with E-state index in [1.165, 1.54) is 0 Å². The van der Waals surface area contributed by atoms with Crippen molar-refractivity contribution in [1.82, 2.24) is 5.16 Å². The molecule has 0 aliphatic heterocycles. The third-order valence-corrected chi connectivity index (χ3v) is 1.16. The molecule has 2 N–H and O–H groups in total. The maximum atomic E-state index is 5.57. The van der Waals surface area contributed by atoms with Gasteiger partial charge >= 0.3 is 0 Å². The third-order valence-electron chi connectivity index (χ3n) is 1.16. The Hall–Kier alpha value is -1.27. The van der Waals surface area contributed by atoms with Crippen LogP contribution in [0.25, 0.3) is 0 Å². The Kier molecular flexibility index (Phi) is 2.08. The number of hydrogen-bond donors (Lipinski definition) is 1. The average Bonchev–Trinajstić information content (AvgIpc) is 2.38. The van der Waals surface area contributed by atoms with E-state index in [1.807, 2.05) is 0 Å². The zero-order valence-corrected chi connectivity index (χ0v) is 5.45. The summed E-state index contributed by atoms with van der Waals surface area (Å²) in [6, 6.07) is 1.50. The third kappa shape index (κ3) is 1.36. The van der Waals surface area contributed by atoms with E-state index in [0.29, 0.717) is 12.2 Å². The van der Waals surface area contributed by atoms with Gasteiger partial charge in [0.2, 0.25) is 0 Å². The molecule has 0 spiro atoms. The van der Waals surface area contributed by atoms with Gasteiger partial charge in [-0.2, -0.15) is 0 Å². The van der Waals surface area contributed by atoms with Crippen molar-refractivity contribution in [2.45, 2.75) is 12.5 Å². The number of aromatic nitrogens is 1. The molecule has 1 atom stereocenters. The fourth-order valence-corrected chi connectivity index (χ4v) is 0.644. The standard InChI is InChI=1S/C7H8N2O/c1-2-3-6(8)7-4-5-9-10-7/h1,4-6H,3,8H2. The molecule has 0 radical (unpaired) electrons. The molecule has 0 saturated carbocycles. The van der Waals surface area contributed by atoms with Crippen molar-refractivity contribution in [2.24, 2.45) is 5.73 Å². The first-order chi connectivity index (χ1) is 4.84. The Bertz CT molecular complexity index is 222. The van der Waals surface area contributed by atoms with E-state index in [9.17, 15) is 0 Å². The lowest BCUT2D eigenvalue weighted by atomic mass is 10.2. The second-order valence-electron chi connectivity index (χ2n) is 1.93. The molecule has 0 saturated heterocycles. The highest BCUT2D eigenvalue weighted by atomic mass is 16.5. The van der Waals surface area contributed by atoms with Crippen molar-refractivity contribution in [1.29, 1.82) is 0 Å². The van der Waals surface area contributed by atoms with Crippen LogP contribution in [0.4, 0.5) is 0 Å². The SMILES string of the molecule is C#CCC(N)c1ccno1. The highest BCUT2D eigenvalue weighted by Crippen LogP contribution is 2.10. The predicted octanol–water partition coefficient (Wildman–Crippen LogP) is 0.698. The Morgan fingerprint density at radius 3 is 3.20 bits per heavy atom. The van der Waals surface area contributed by atoms with E-state index in [-0.39, 0.29) is 6.04 Å². The van der Waals surface area contributed by atoms with Crippen molar-refractivity contribution in [3.63, 3.8) is 0 Å². The quantitative estimate of drug-likeness (QED) is 0.609. The molecule has 52 valence electrons. The summed E-state index contributed by atoms with van der Waals surface area (Å²) in [5, 5.41) is 3.50. The Labute approximate surface area is 59.2 Å². The van der Waals surface area contributed by atoms with Crippen LogP contribution in [-0.4, -0.2) is 5.16 Å². The molecular formula is C7H8N2O. The number of nitrogens with two attached hydrogens (primary N) is 1. The van der Waals surface area contributed by atoms with Crippen molar-refractivity contribution in [3.8, 4) is 12.3 Å². The van der Waals surface area contributed by atoms with Gasteiger partial charge in [0, 0.05) is 12.5 Å². The lowest BCUT2D eigenvalue weighted by Crippen LogP contribution is -2.07. The maximum absolute atomic E-state index is 5.57. The van der Waals surface area contributed by atoms with Crippen molar-refractivity contribution >= 4 is 0 Å². The minimum atomic E-state index is -0.215. The van der Waals surface area contributed by atoms with Gasteiger partial charge in [-0.3, -0.25) is 0 Å². The first-order valence-corrected chi connectivity index (χ1v) is 2.94. The van der Waals surface area contributed by atoms with E-state index < -0.39 is 0 Å². The maximum Gasteiger partial charge on any atom is 0.154 e. The summed E-state index contributed by atoms with van der Waals surface area (Å²) in [6.07, 6.45) is 7.07. The topological polar surface area (TPSA) is 52.0 Å². The summed E-state index contributed by atoms with van der Waals surface area (Å²) in [5.74, 6) is 3.08. The lowest BCUT2D eigenvalue weighted by molar-refractivity contribution is 0.363. The summed E-state index contributed by atoms with van der Waals surface area (Å²) in [6.45, 7) is 0. The largest absolute Gasteiger partial charge is 0.360 e. The van der Waals surface area contributed by atoms with Crippen LogP contribution in [0.3, 0.4) is 0 Å². The zero-order valence-electron chi connectivity index (χ0n) is 5.45. The van der Waals surface area contributed by atoms with Crippen LogP contribution < -0.4 is 5.73 Å². The van der Waals surface area contributed by atoms with Crippen LogP contribution in [0, 0.1) is 12.3 Å². The number of hydrogen-bond acceptors (Lipinski definition) is 3. The molecule has 0 fully saturated rings. The van der Waals surface area contributed by atoms with Crippen LogP contribution in [0.1, 0.15) is 18.2 Å². The van der Waals surface area contributed by atoms with E-state index in [1.54, 1.807) is 12.3 Å². The van der Waals surface area contributed by atoms with E-state index >= 15 is 0 Å². The van der Waals surface area contributed by atoms with Gasteiger partial charge in [-0.25, -0.2) is 0 Å². The van der Waals surface area contributed by atoms with Crippen LogP contribution in [0.15, 0.2) is 16.8 Å². The van der Waals surface area contributed by atoms with Gasteiger partial charge in [-0.1, -0.05) is 5.16 Å². The minimum Gasteiger partial charge on any atom is -0.360 e. The molecule has 0 aromatic carbocycles. The first kappa shape index (κ1) is 6.84. The average molecular weight is 136 g/mol. The summed E-state index contributed by atoms with van der Waals surface area (Å²) in [7, 11) is 0. The zero-order chi connectivity index (χ0) is 7.40. The second-order valence-corrected chi connectivity index (χ2v) is 1.93. The molecule has 0 aliphatic rings. The molecule has 3 nitrogen and oxygen atoms in total. The molecule has 0 bridgehead atoms. The summed E-state index contributed by atoms with van der Waals surface area (Å²) in [4.78, 5) is 0. The fraction of sp³-hybridized carbons (Fsp3) is 0.286. The number of terminal acetylenes is 1. The molecular weight excluding hydrogens is 128 g/mol. The van der Waals surface area contributed by atoms with Crippen LogP contribution in [-0.2, 0) is 0 Å². The van der Waals surface area contributed by atoms with E-state index in [4.69, 9.17) is 16.7 Å². The lowest BCUT2D eigenvalue weighted by Gasteiger charge is -1.99. The van der Waals surface area contributed by atoms with Gasteiger partial charge in [-0.15, -0.1) is 12.3 Å². The molecule has 1 heterocycles. The Morgan fingerprint density at radius 1 is 1.90 bits per heavy atom. The molecule has 0 amide bonds. The minimum absolute atomic E-state index is 0.215. The molecule has 1 aromatic heterocycles. The van der Waals surface area contributed by atoms with Gasteiger partial charge in [0.1, 0.15) is 0 Å². The fourth-order valence-electron chi connectivity index (χ4n) is 0.644. The smallest absolute Gasteiger partial charge is 0.154 e. The normalized spacial score (nSPS) is 12.4.